The number of fused-ring (bicyclic) bond motifs is 5. The molecule has 21 heavy (non-hydrogen) atoms. The van der Waals surface area contributed by atoms with Gasteiger partial charge in [-0.2, -0.15) is 0 Å². The summed E-state index contributed by atoms with van der Waals surface area (Å²) in [5.41, 5.74) is 6.29. The largest absolute Gasteiger partial charge is 0.392 e. The van der Waals surface area contributed by atoms with Crippen LogP contribution in [0.15, 0.2) is 18.2 Å². The van der Waals surface area contributed by atoms with Crippen molar-refractivity contribution in [3.8, 4) is 0 Å². The van der Waals surface area contributed by atoms with Gasteiger partial charge in [-0.25, -0.2) is 8.78 Å². The molecule has 3 aliphatic carbocycles. The molecule has 0 aromatic heterocycles. The molecule has 4 heteroatoms. The maximum Gasteiger partial charge on any atom is 0.126 e. The number of rotatable bonds is 4. The van der Waals surface area contributed by atoms with E-state index in [2.05, 4.69) is 0 Å². The normalized spacial score (nSPS) is 39.1. The van der Waals surface area contributed by atoms with Gasteiger partial charge in [0, 0.05) is 18.5 Å². The predicted octanol–water partition coefficient (Wildman–Crippen LogP) is 2.66. The van der Waals surface area contributed by atoms with Gasteiger partial charge in [0.1, 0.15) is 11.6 Å². The van der Waals surface area contributed by atoms with Crippen molar-refractivity contribution in [2.75, 3.05) is 6.54 Å². The number of aliphatic hydroxyl groups is 1. The Bertz CT molecular complexity index is 527. The smallest absolute Gasteiger partial charge is 0.126 e. The minimum atomic E-state index is -0.605. The summed E-state index contributed by atoms with van der Waals surface area (Å²) < 4.78 is 26.8. The Labute approximate surface area is 123 Å². The van der Waals surface area contributed by atoms with E-state index in [4.69, 9.17) is 5.73 Å². The Morgan fingerprint density at radius 1 is 1.10 bits per heavy atom. The van der Waals surface area contributed by atoms with Crippen LogP contribution in [-0.2, 0) is 0 Å². The summed E-state index contributed by atoms with van der Waals surface area (Å²) in [6.07, 6.45) is 3.32. The molecule has 6 unspecified atom stereocenters. The average Bonchev–Trinajstić information content (AvgIpc) is 2.87. The summed E-state index contributed by atoms with van der Waals surface area (Å²) in [5.74, 6) is 1.50. The van der Waals surface area contributed by atoms with E-state index in [0.29, 0.717) is 17.4 Å². The van der Waals surface area contributed by atoms with Crippen molar-refractivity contribution in [3.63, 3.8) is 0 Å². The summed E-state index contributed by atoms with van der Waals surface area (Å²) in [4.78, 5) is 0. The Morgan fingerprint density at radius 3 is 2.19 bits per heavy atom. The first-order valence-electron chi connectivity index (χ1n) is 7.94. The lowest BCUT2D eigenvalue weighted by Crippen LogP contribution is -2.30. The third-order valence-electron chi connectivity index (χ3n) is 6.17. The molecule has 0 saturated heterocycles. The van der Waals surface area contributed by atoms with Crippen molar-refractivity contribution in [2.24, 2.45) is 35.3 Å². The van der Waals surface area contributed by atoms with Crippen molar-refractivity contribution < 1.29 is 13.9 Å². The molecule has 0 heterocycles. The standard InChI is InChI=1S/C17H21F2NO/c18-11-4-10(5-12(19)6-11)13(7-20)17(21)16-14-8-1-2-9(3-8)15(14)16/h4-6,8-9,13-17,21H,1-3,7,20H2. The lowest BCUT2D eigenvalue weighted by atomic mass is 9.86. The highest BCUT2D eigenvalue weighted by Crippen LogP contribution is 2.71. The highest BCUT2D eigenvalue weighted by Gasteiger charge is 2.67. The van der Waals surface area contributed by atoms with Gasteiger partial charge in [0.25, 0.3) is 0 Å². The second kappa shape index (κ2) is 4.75. The van der Waals surface area contributed by atoms with Crippen LogP contribution in [0.25, 0.3) is 0 Å². The topological polar surface area (TPSA) is 46.2 Å². The molecular weight excluding hydrogens is 272 g/mol. The first-order chi connectivity index (χ1) is 10.1. The molecule has 114 valence electrons. The molecule has 3 saturated carbocycles. The van der Waals surface area contributed by atoms with E-state index in [0.717, 1.165) is 17.9 Å². The molecule has 3 aliphatic rings. The van der Waals surface area contributed by atoms with Crippen LogP contribution in [0.3, 0.4) is 0 Å². The lowest BCUT2D eigenvalue weighted by Gasteiger charge is -2.24. The van der Waals surface area contributed by atoms with Crippen molar-refractivity contribution in [1.82, 2.24) is 0 Å². The van der Waals surface area contributed by atoms with Gasteiger partial charge in [-0.1, -0.05) is 0 Å². The number of aliphatic hydroxyl groups excluding tert-OH is 1. The zero-order valence-corrected chi connectivity index (χ0v) is 11.9. The highest BCUT2D eigenvalue weighted by atomic mass is 19.1. The number of hydrogen-bond donors (Lipinski definition) is 2. The Morgan fingerprint density at radius 2 is 1.67 bits per heavy atom. The molecule has 1 aromatic rings. The average molecular weight is 293 g/mol. The fourth-order valence-corrected chi connectivity index (χ4v) is 5.38. The van der Waals surface area contributed by atoms with Gasteiger partial charge in [0.15, 0.2) is 0 Å². The second-order valence-corrected chi connectivity index (χ2v) is 7.10. The van der Waals surface area contributed by atoms with Gasteiger partial charge in [0.2, 0.25) is 0 Å². The molecule has 0 amide bonds. The molecular formula is C17H21F2NO. The molecule has 0 aliphatic heterocycles. The van der Waals surface area contributed by atoms with E-state index in [-0.39, 0.29) is 18.4 Å². The van der Waals surface area contributed by atoms with Crippen LogP contribution in [0.4, 0.5) is 8.78 Å². The number of benzene rings is 1. The first-order valence-corrected chi connectivity index (χ1v) is 7.94. The molecule has 0 spiro atoms. The van der Waals surface area contributed by atoms with Gasteiger partial charge in [-0.15, -0.1) is 0 Å². The summed E-state index contributed by atoms with van der Waals surface area (Å²) >= 11 is 0. The SMILES string of the molecule is NCC(c1cc(F)cc(F)c1)C(O)C1C2C3CCC(C3)C21. The summed E-state index contributed by atoms with van der Waals surface area (Å²) in [5, 5.41) is 10.7. The number of halogens is 2. The van der Waals surface area contributed by atoms with E-state index in [1.54, 1.807) is 0 Å². The van der Waals surface area contributed by atoms with E-state index < -0.39 is 17.7 Å². The van der Waals surface area contributed by atoms with E-state index in [1.807, 2.05) is 0 Å². The van der Waals surface area contributed by atoms with Gasteiger partial charge >= 0.3 is 0 Å². The van der Waals surface area contributed by atoms with Crippen LogP contribution < -0.4 is 5.73 Å². The van der Waals surface area contributed by atoms with Crippen LogP contribution >= 0.6 is 0 Å². The molecule has 3 fully saturated rings. The fourth-order valence-electron chi connectivity index (χ4n) is 5.38. The first kappa shape index (κ1) is 13.6. The van der Waals surface area contributed by atoms with Crippen molar-refractivity contribution >= 4 is 0 Å². The minimum absolute atomic E-state index is 0.218. The predicted molar refractivity (Wildman–Crippen MR) is 75.5 cm³/mol. The second-order valence-electron chi connectivity index (χ2n) is 7.10. The molecule has 1 aromatic carbocycles. The van der Waals surface area contributed by atoms with E-state index in [9.17, 15) is 13.9 Å². The van der Waals surface area contributed by atoms with Crippen LogP contribution in [0.1, 0.15) is 30.7 Å². The third-order valence-corrected chi connectivity index (χ3v) is 6.17. The lowest BCUT2D eigenvalue weighted by molar-refractivity contribution is 0.102. The van der Waals surface area contributed by atoms with Crippen LogP contribution in [0, 0.1) is 41.2 Å². The Kier molecular flexibility index (Phi) is 3.09. The van der Waals surface area contributed by atoms with Crippen LogP contribution in [0.2, 0.25) is 0 Å². The molecule has 2 nitrogen and oxygen atoms in total. The maximum absolute atomic E-state index is 13.4. The molecule has 6 atom stereocenters. The van der Waals surface area contributed by atoms with Gasteiger partial charge in [-0.3, -0.25) is 0 Å². The monoisotopic (exact) mass is 293 g/mol. The Hall–Kier alpha value is -1.00. The van der Waals surface area contributed by atoms with Crippen LogP contribution in [-0.4, -0.2) is 17.8 Å². The molecule has 4 rings (SSSR count). The summed E-state index contributed by atoms with van der Waals surface area (Å²) in [6.45, 7) is 0.218. The molecule has 0 radical (unpaired) electrons. The van der Waals surface area contributed by atoms with Gasteiger partial charge in [0.05, 0.1) is 6.10 Å². The zero-order chi connectivity index (χ0) is 14.7. The third kappa shape index (κ3) is 2.03. The van der Waals surface area contributed by atoms with Crippen molar-refractivity contribution in [1.29, 1.82) is 0 Å². The van der Waals surface area contributed by atoms with E-state index in [1.165, 1.54) is 31.4 Å². The van der Waals surface area contributed by atoms with Crippen LogP contribution in [0.5, 0.6) is 0 Å². The number of hydrogen-bond acceptors (Lipinski definition) is 2. The quantitative estimate of drug-likeness (QED) is 0.896. The number of nitrogens with two attached hydrogens (primary N) is 1. The van der Waals surface area contributed by atoms with Crippen molar-refractivity contribution in [3.05, 3.63) is 35.4 Å². The Balaban J connectivity index is 1.56. The summed E-state index contributed by atoms with van der Waals surface area (Å²) in [7, 11) is 0. The van der Waals surface area contributed by atoms with Crippen molar-refractivity contribution in [2.45, 2.75) is 31.3 Å². The maximum atomic E-state index is 13.4. The van der Waals surface area contributed by atoms with Gasteiger partial charge < -0.3 is 10.8 Å². The van der Waals surface area contributed by atoms with E-state index >= 15 is 0 Å². The molecule has 3 N–H and O–H groups in total. The zero-order valence-electron chi connectivity index (χ0n) is 11.9. The summed E-state index contributed by atoms with van der Waals surface area (Å²) in [6, 6.07) is 3.46. The highest BCUT2D eigenvalue weighted by molar-refractivity contribution is 5.26. The van der Waals surface area contributed by atoms with Gasteiger partial charge in [-0.05, 0) is 66.5 Å². The fraction of sp³-hybridized carbons (Fsp3) is 0.647. The minimum Gasteiger partial charge on any atom is -0.392 e. The molecule has 2 bridgehead atoms.